The number of hydrogen-bond donors (Lipinski definition) is 3. The van der Waals surface area contributed by atoms with Crippen molar-refractivity contribution in [2.45, 2.75) is 56.8 Å². The zero-order valence-corrected chi connectivity index (χ0v) is 18.4. The number of amides is 3. The number of thiazole rings is 1. The summed E-state index contributed by atoms with van der Waals surface area (Å²) in [5.74, 6) is -2.61. The summed E-state index contributed by atoms with van der Waals surface area (Å²) >= 11 is 0.444. The Balaban J connectivity index is 1.87. The van der Waals surface area contributed by atoms with Gasteiger partial charge in [-0.25, -0.2) is 14.2 Å². The van der Waals surface area contributed by atoms with Gasteiger partial charge in [0.15, 0.2) is 5.69 Å². The maximum absolute atomic E-state index is 13.6. The van der Waals surface area contributed by atoms with E-state index in [0.717, 1.165) is 49.9 Å². The van der Waals surface area contributed by atoms with Crippen LogP contribution in [0.1, 0.15) is 58.5 Å². The van der Waals surface area contributed by atoms with Crippen molar-refractivity contribution in [3.63, 3.8) is 0 Å². The number of primary amides is 1. The number of carbonyl (C=O) groups excluding carboxylic acids is 3. The Kier molecular flexibility index (Phi) is 7.06. The van der Waals surface area contributed by atoms with Crippen molar-refractivity contribution in [3.05, 3.63) is 51.2 Å². The molecule has 0 spiro atoms. The third-order valence-electron chi connectivity index (χ3n) is 5.38. The lowest BCUT2D eigenvalue weighted by atomic mass is 9.97. The molecular formula is C21H22F4N4O3S. The molecule has 1 fully saturated rings. The first-order valence-electron chi connectivity index (χ1n) is 10.1. The van der Waals surface area contributed by atoms with Gasteiger partial charge in [0.2, 0.25) is 11.7 Å². The molecule has 1 saturated carbocycles. The summed E-state index contributed by atoms with van der Waals surface area (Å²) in [4.78, 5) is 40.0. The molecule has 33 heavy (non-hydrogen) atoms. The molecule has 2 aromatic rings. The standard InChI is InChI=1S/C21H22F4N4O3S/c1-20(18(26)31,29-19(32)27-13-4-2-3-5-13)10-14-28-17(21(23,24)25)16(33-14)15(30)11-6-8-12(22)9-7-11/h6-9,13H,2-5,10H2,1H3,(H2,26,31)(H2,27,29,32). The van der Waals surface area contributed by atoms with Crippen molar-refractivity contribution in [3.8, 4) is 0 Å². The molecule has 1 aromatic heterocycles. The van der Waals surface area contributed by atoms with Crippen molar-refractivity contribution in [1.82, 2.24) is 15.6 Å². The van der Waals surface area contributed by atoms with E-state index >= 15 is 0 Å². The van der Waals surface area contributed by atoms with E-state index in [-0.39, 0.29) is 16.6 Å². The molecule has 178 valence electrons. The van der Waals surface area contributed by atoms with Crippen molar-refractivity contribution in [2.75, 3.05) is 0 Å². The first-order chi connectivity index (χ1) is 15.4. The van der Waals surface area contributed by atoms with Gasteiger partial charge >= 0.3 is 12.2 Å². The molecule has 0 aliphatic heterocycles. The van der Waals surface area contributed by atoms with Crippen LogP contribution < -0.4 is 16.4 Å². The van der Waals surface area contributed by atoms with Gasteiger partial charge in [0.1, 0.15) is 16.2 Å². The van der Waals surface area contributed by atoms with Crippen LogP contribution in [0.15, 0.2) is 24.3 Å². The minimum Gasteiger partial charge on any atom is -0.368 e. The number of rotatable bonds is 7. The molecule has 1 unspecified atom stereocenters. The largest absolute Gasteiger partial charge is 0.434 e. The molecule has 3 rings (SSSR count). The Labute approximate surface area is 190 Å². The van der Waals surface area contributed by atoms with E-state index in [9.17, 15) is 31.9 Å². The quantitative estimate of drug-likeness (QED) is 0.410. The third-order valence-corrected chi connectivity index (χ3v) is 6.44. The lowest BCUT2D eigenvalue weighted by molar-refractivity contribution is -0.141. The first-order valence-corrected chi connectivity index (χ1v) is 11.0. The van der Waals surface area contributed by atoms with Crippen molar-refractivity contribution in [1.29, 1.82) is 0 Å². The molecule has 1 aliphatic rings. The number of aromatic nitrogens is 1. The monoisotopic (exact) mass is 486 g/mol. The Bertz CT molecular complexity index is 1050. The van der Waals surface area contributed by atoms with Crippen LogP contribution in [0.4, 0.5) is 22.4 Å². The number of nitrogens with zero attached hydrogens (tertiary/aromatic N) is 1. The predicted octanol–water partition coefficient (Wildman–Crippen LogP) is 3.56. The third kappa shape index (κ3) is 5.86. The summed E-state index contributed by atoms with van der Waals surface area (Å²) in [5.41, 5.74) is 2.12. The minimum absolute atomic E-state index is 0.0567. The molecule has 1 heterocycles. The van der Waals surface area contributed by atoms with Gasteiger partial charge in [-0.2, -0.15) is 13.2 Å². The first kappa shape index (κ1) is 24.6. The average Bonchev–Trinajstić information content (AvgIpc) is 3.37. The molecule has 12 heteroatoms. The summed E-state index contributed by atoms with van der Waals surface area (Å²) in [6.07, 6.45) is -1.90. The Morgan fingerprint density at radius 3 is 2.30 bits per heavy atom. The van der Waals surface area contributed by atoms with E-state index < -0.39 is 52.2 Å². The van der Waals surface area contributed by atoms with Crippen LogP contribution in [-0.4, -0.2) is 34.3 Å². The van der Waals surface area contributed by atoms with E-state index in [4.69, 9.17) is 5.73 Å². The summed E-state index contributed by atoms with van der Waals surface area (Å²) in [7, 11) is 0. The van der Waals surface area contributed by atoms with E-state index in [1.54, 1.807) is 0 Å². The van der Waals surface area contributed by atoms with Gasteiger partial charge < -0.3 is 16.4 Å². The second-order valence-corrected chi connectivity index (χ2v) is 9.16. The van der Waals surface area contributed by atoms with Gasteiger partial charge in [-0.3, -0.25) is 9.59 Å². The highest BCUT2D eigenvalue weighted by molar-refractivity contribution is 7.14. The average molecular weight is 486 g/mol. The fraction of sp³-hybridized carbons (Fsp3) is 0.429. The van der Waals surface area contributed by atoms with Gasteiger partial charge in [0.05, 0.1) is 5.01 Å². The second-order valence-electron chi connectivity index (χ2n) is 8.07. The molecule has 7 nitrogen and oxygen atoms in total. The topological polar surface area (TPSA) is 114 Å². The Morgan fingerprint density at radius 1 is 1.15 bits per heavy atom. The highest BCUT2D eigenvalue weighted by Crippen LogP contribution is 2.36. The molecule has 1 aliphatic carbocycles. The van der Waals surface area contributed by atoms with Gasteiger partial charge in [-0.05, 0) is 44.0 Å². The number of alkyl halides is 3. The molecule has 0 bridgehead atoms. The van der Waals surface area contributed by atoms with E-state index in [2.05, 4.69) is 15.6 Å². The van der Waals surface area contributed by atoms with Crippen LogP contribution in [0.25, 0.3) is 0 Å². The Hall–Kier alpha value is -3.02. The summed E-state index contributed by atoms with van der Waals surface area (Å²) < 4.78 is 53.9. The summed E-state index contributed by atoms with van der Waals surface area (Å²) in [6, 6.07) is 3.33. The number of carbonyl (C=O) groups is 3. The number of nitrogens with one attached hydrogen (secondary N) is 2. The summed E-state index contributed by atoms with van der Waals surface area (Å²) in [5, 5.41) is 4.95. The normalized spacial score (nSPS) is 16.3. The van der Waals surface area contributed by atoms with Crippen LogP contribution in [0.3, 0.4) is 0 Å². The number of urea groups is 1. The predicted molar refractivity (Wildman–Crippen MR) is 112 cm³/mol. The number of benzene rings is 1. The lowest BCUT2D eigenvalue weighted by Gasteiger charge is -2.27. The van der Waals surface area contributed by atoms with Crippen molar-refractivity contribution in [2.24, 2.45) is 5.73 Å². The van der Waals surface area contributed by atoms with E-state index in [1.165, 1.54) is 6.92 Å². The SMILES string of the molecule is CC(Cc1nc(C(F)(F)F)c(C(=O)c2ccc(F)cc2)s1)(NC(=O)NC1CCCC1)C(N)=O. The zero-order valence-electron chi connectivity index (χ0n) is 17.6. The maximum Gasteiger partial charge on any atom is 0.434 e. The highest BCUT2D eigenvalue weighted by Gasteiger charge is 2.42. The van der Waals surface area contributed by atoms with Gasteiger partial charge in [-0.1, -0.05) is 12.8 Å². The second kappa shape index (κ2) is 9.46. The number of nitrogens with two attached hydrogens (primary N) is 1. The molecule has 1 aromatic carbocycles. The van der Waals surface area contributed by atoms with Gasteiger partial charge in [0.25, 0.3) is 0 Å². The Morgan fingerprint density at radius 2 is 1.76 bits per heavy atom. The van der Waals surface area contributed by atoms with Crippen molar-refractivity contribution >= 4 is 29.1 Å². The molecule has 3 amide bonds. The fourth-order valence-electron chi connectivity index (χ4n) is 3.56. The molecule has 0 radical (unpaired) electrons. The van der Waals surface area contributed by atoms with Crippen LogP contribution >= 0.6 is 11.3 Å². The van der Waals surface area contributed by atoms with E-state index in [1.807, 2.05) is 0 Å². The van der Waals surface area contributed by atoms with Crippen molar-refractivity contribution < 1.29 is 31.9 Å². The smallest absolute Gasteiger partial charge is 0.368 e. The molecule has 0 saturated heterocycles. The maximum atomic E-state index is 13.6. The molecule has 4 N–H and O–H groups in total. The van der Waals surface area contributed by atoms with Crippen LogP contribution in [0.2, 0.25) is 0 Å². The summed E-state index contributed by atoms with van der Waals surface area (Å²) in [6.45, 7) is 1.28. The van der Waals surface area contributed by atoms with Crippen LogP contribution in [-0.2, 0) is 17.4 Å². The lowest BCUT2D eigenvalue weighted by Crippen LogP contribution is -2.59. The van der Waals surface area contributed by atoms with Crippen LogP contribution in [0, 0.1) is 5.82 Å². The zero-order chi connectivity index (χ0) is 24.4. The molecule has 1 atom stereocenters. The van der Waals surface area contributed by atoms with Crippen LogP contribution in [0.5, 0.6) is 0 Å². The van der Waals surface area contributed by atoms with Gasteiger partial charge in [-0.15, -0.1) is 11.3 Å². The number of ketones is 1. The number of halogens is 4. The molecular weight excluding hydrogens is 464 g/mol. The highest BCUT2D eigenvalue weighted by atomic mass is 32.1. The van der Waals surface area contributed by atoms with Gasteiger partial charge in [0, 0.05) is 18.0 Å². The fourth-order valence-corrected chi connectivity index (χ4v) is 4.76. The minimum atomic E-state index is -4.95. The van der Waals surface area contributed by atoms with E-state index in [0.29, 0.717) is 11.3 Å². The number of hydrogen-bond acceptors (Lipinski definition) is 5.